The number of anilines is 2. The first kappa shape index (κ1) is 20.1. The van der Waals surface area contributed by atoms with E-state index in [0.29, 0.717) is 41.6 Å². The summed E-state index contributed by atoms with van der Waals surface area (Å²) in [6.45, 7) is 1.94. The number of benzene rings is 1. The Balaban J connectivity index is 1.72. The monoisotopic (exact) mass is 425 g/mol. The second-order valence-corrected chi connectivity index (χ2v) is 7.84. The van der Waals surface area contributed by atoms with Gasteiger partial charge in [0, 0.05) is 23.6 Å². The largest absolute Gasteiger partial charge is 0.495 e. The highest BCUT2D eigenvalue weighted by Gasteiger charge is 2.35. The number of aliphatic hydroxyl groups excluding tert-OH is 1. The van der Waals surface area contributed by atoms with Crippen LogP contribution in [0, 0.1) is 0 Å². The Morgan fingerprint density at radius 1 is 1.33 bits per heavy atom. The molecule has 156 valence electrons. The fourth-order valence-electron chi connectivity index (χ4n) is 3.48. The van der Waals surface area contributed by atoms with E-state index >= 15 is 0 Å². The first-order chi connectivity index (χ1) is 14.6. The minimum absolute atomic E-state index is 0.0789. The third-order valence-electron chi connectivity index (χ3n) is 4.87. The number of methoxy groups -OCH3 is 1. The Labute approximate surface area is 178 Å². The van der Waals surface area contributed by atoms with Crippen molar-refractivity contribution < 1.29 is 14.6 Å². The van der Waals surface area contributed by atoms with Crippen LogP contribution in [-0.4, -0.2) is 39.5 Å². The van der Waals surface area contributed by atoms with Gasteiger partial charge in [-0.05, 0) is 36.9 Å². The van der Waals surface area contributed by atoms with Crippen LogP contribution < -0.4 is 15.4 Å². The number of aromatic nitrogens is 3. The molecule has 1 amide bonds. The Kier molecular flexibility index (Phi) is 5.82. The number of hydrogen-bond acceptors (Lipinski definition) is 7. The molecule has 1 aliphatic heterocycles. The van der Waals surface area contributed by atoms with E-state index in [1.807, 2.05) is 36.6 Å². The topological polar surface area (TPSA) is 101 Å². The van der Waals surface area contributed by atoms with Crippen LogP contribution >= 0.6 is 11.3 Å². The maximum Gasteiger partial charge on any atom is 0.256 e. The van der Waals surface area contributed by atoms with Gasteiger partial charge < -0.3 is 20.5 Å². The van der Waals surface area contributed by atoms with Crippen LogP contribution in [0.15, 0.2) is 53.0 Å². The van der Waals surface area contributed by atoms with Gasteiger partial charge >= 0.3 is 0 Å². The molecule has 0 bridgehead atoms. The number of nitrogens with zero attached hydrogens (tertiary/aromatic N) is 3. The van der Waals surface area contributed by atoms with Crippen molar-refractivity contribution in [3.63, 3.8) is 0 Å². The van der Waals surface area contributed by atoms with Crippen LogP contribution in [0.3, 0.4) is 0 Å². The minimum Gasteiger partial charge on any atom is -0.495 e. The summed E-state index contributed by atoms with van der Waals surface area (Å²) in [6.07, 6.45) is 1.15. The molecule has 3 aromatic rings. The van der Waals surface area contributed by atoms with Crippen molar-refractivity contribution in [3.05, 3.63) is 63.7 Å². The highest BCUT2D eigenvalue weighted by molar-refractivity contribution is 7.10. The first-order valence-electron chi connectivity index (χ1n) is 9.64. The highest BCUT2D eigenvalue weighted by atomic mass is 32.1. The lowest BCUT2D eigenvalue weighted by atomic mass is 10.0. The van der Waals surface area contributed by atoms with Crippen LogP contribution in [0.1, 0.15) is 30.1 Å². The van der Waals surface area contributed by atoms with Crippen LogP contribution in [0.5, 0.6) is 5.75 Å². The molecule has 1 aliphatic rings. The SMILES string of the molecule is COc1ccccc1NC(=O)C1=C(C)Nc2nc(CCCO)nn2C1c1cccs1. The summed E-state index contributed by atoms with van der Waals surface area (Å²) < 4.78 is 7.12. The number of thiophene rings is 1. The van der Waals surface area contributed by atoms with E-state index < -0.39 is 6.04 Å². The lowest BCUT2D eigenvalue weighted by Gasteiger charge is -2.27. The van der Waals surface area contributed by atoms with Gasteiger partial charge in [-0.3, -0.25) is 4.79 Å². The van der Waals surface area contributed by atoms with Gasteiger partial charge in [-0.1, -0.05) is 18.2 Å². The Morgan fingerprint density at radius 2 is 2.17 bits per heavy atom. The highest BCUT2D eigenvalue weighted by Crippen LogP contribution is 2.38. The smallest absolute Gasteiger partial charge is 0.256 e. The fourth-order valence-corrected chi connectivity index (χ4v) is 4.30. The molecule has 3 N–H and O–H groups in total. The van der Waals surface area contributed by atoms with Crippen molar-refractivity contribution in [3.8, 4) is 5.75 Å². The van der Waals surface area contributed by atoms with Crippen molar-refractivity contribution in [1.82, 2.24) is 14.8 Å². The van der Waals surface area contributed by atoms with E-state index in [4.69, 9.17) is 9.84 Å². The fraction of sp³-hybridized carbons (Fsp3) is 0.286. The Bertz CT molecular complexity index is 1070. The van der Waals surface area contributed by atoms with Crippen LogP contribution in [0.25, 0.3) is 0 Å². The lowest BCUT2D eigenvalue weighted by molar-refractivity contribution is -0.113. The third kappa shape index (κ3) is 3.81. The molecule has 1 aromatic carbocycles. The zero-order valence-corrected chi connectivity index (χ0v) is 17.6. The minimum atomic E-state index is -0.397. The van der Waals surface area contributed by atoms with Crippen molar-refractivity contribution >= 4 is 28.9 Å². The molecule has 3 heterocycles. The number of amides is 1. The quantitative estimate of drug-likeness (QED) is 0.537. The number of carbonyl (C=O) groups excluding carboxylic acids is 1. The van der Waals surface area contributed by atoms with Crippen molar-refractivity contribution in [1.29, 1.82) is 0 Å². The van der Waals surface area contributed by atoms with Gasteiger partial charge in [-0.25, -0.2) is 4.68 Å². The van der Waals surface area contributed by atoms with Gasteiger partial charge in [-0.15, -0.1) is 11.3 Å². The number of ether oxygens (including phenoxy) is 1. The summed E-state index contributed by atoms with van der Waals surface area (Å²) in [7, 11) is 1.57. The predicted molar refractivity (Wildman–Crippen MR) is 116 cm³/mol. The third-order valence-corrected chi connectivity index (χ3v) is 5.79. The zero-order valence-electron chi connectivity index (χ0n) is 16.8. The summed E-state index contributed by atoms with van der Waals surface area (Å²) >= 11 is 1.56. The van der Waals surface area contributed by atoms with Gasteiger partial charge in [0.1, 0.15) is 11.8 Å². The number of allylic oxidation sites excluding steroid dienone is 1. The molecule has 0 saturated heterocycles. The second-order valence-electron chi connectivity index (χ2n) is 6.86. The van der Waals surface area contributed by atoms with Gasteiger partial charge in [-0.2, -0.15) is 10.1 Å². The molecule has 0 aliphatic carbocycles. The lowest BCUT2D eigenvalue weighted by Crippen LogP contribution is -2.31. The van der Waals surface area contributed by atoms with Crippen LogP contribution in [0.4, 0.5) is 11.6 Å². The number of fused-ring (bicyclic) bond motifs is 1. The summed E-state index contributed by atoms with van der Waals surface area (Å²) in [5.74, 6) is 1.58. The number of hydrogen-bond donors (Lipinski definition) is 3. The number of para-hydroxylation sites is 2. The van der Waals surface area contributed by atoms with E-state index in [-0.39, 0.29) is 12.5 Å². The summed E-state index contributed by atoms with van der Waals surface area (Å²) in [5, 5.41) is 21.9. The molecule has 9 heteroatoms. The van der Waals surface area contributed by atoms with Crippen molar-refractivity contribution in [2.24, 2.45) is 0 Å². The predicted octanol–water partition coefficient (Wildman–Crippen LogP) is 3.20. The molecule has 30 heavy (non-hydrogen) atoms. The van der Waals surface area contributed by atoms with Crippen molar-refractivity contribution in [2.45, 2.75) is 25.8 Å². The Morgan fingerprint density at radius 3 is 2.90 bits per heavy atom. The van der Waals surface area contributed by atoms with Gasteiger partial charge in [0.05, 0.1) is 18.4 Å². The molecule has 1 unspecified atom stereocenters. The molecule has 8 nitrogen and oxygen atoms in total. The molecule has 0 spiro atoms. The number of nitrogens with one attached hydrogen (secondary N) is 2. The zero-order chi connectivity index (χ0) is 21.1. The molecule has 0 radical (unpaired) electrons. The van der Waals surface area contributed by atoms with Gasteiger partial charge in [0.2, 0.25) is 5.95 Å². The van der Waals surface area contributed by atoms with Crippen LogP contribution in [0.2, 0.25) is 0 Å². The molecule has 0 saturated carbocycles. The molecule has 2 aromatic heterocycles. The number of aryl methyl sites for hydroxylation is 1. The summed E-state index contributed by atoms with van der Waals surface area (Å²) in [4.78, 5) is 18.9. The standard InChI is InChI=1S/C21H23N5O3S/c1-13-18(20(28)23-14-7-3-4-8-15(14)29-2)19(16-9-6-12-30-16)26-21(22-13)24-17(25-26)10-5-11-27/h3-4,6-9,12,19,27H,5,10-11H2,1-2H3,(H,23,28)(H,22,24,25). The average molecular weight is 426 g/mol. The van der Waals surface area contributed by atoms with Crippen molar-refractivity contribution in [2.75, 3.05) is 24.4 Å². The number of carbonyl (C=O) groups is 1. The van der Waals surface area contributed by atoms with Gasteiger partial charge in [0.25, 0.3) is 5.91 Å². The van der Waals surface area contributed by atoms with E-state index in [1.165, 1.54) is 0 Å². The summed E-state index contributed by atoms with van der Waals surface area (Å²) in [6, 6.07) is 10.8. The van der Waals surface area contributed by atoms with E-state index in [1.54, 1.807) is 35.3 Å². The van der Waals surface area contributed by atoms with E-state index in [2.05, 4.69) is 20.7 Å². The molecule has 1 atom stereocenters. The van der Waals surface area contributed by atoms with E-state index in [0.717, 1.165) is 10.6 Å². The second kappa shape index (κ2) is 8.68. The summed E-state index contributed by atoms with van der Waals surface area (Å²) in [5.41, 5.74) is 1.88. The van der Waals surface area contributed by atoms with Gasteiger partial charge in [0.15, 0.2) is 5.82 Å². The van der Waals surface area contributed by atoms with Crippen LogP contribution in [-0.2, 0) is 11.2 Å². The molecular weight excluding hydrogens is 402 g/mol. The molecular formula is C21H23N5O3S. The molecule has 4 rings (SSSR count). The normalized spacial score (nSPS) is 15.5. The van der Waals surface area contributed by atoms with E-state index in [9.17, 15) is 4.79 Å². The maximum atomic E-state index is 13.4. The average Bonchev–Trinajstić information content (AvgIpc) is 3.41. The molecule has 0 fully saturated rings. The Hall–Kier alpha value is -3.17. The number of rotatable bonds is 7. The number of aliphatic hydroxyl groups is 1. The first-order valence-corrected chi connectivity index (χ1v) is 10.5. The maximum absolute atomic E-state index is 13.4.